The molecule has 0 aromatic heterocycles. The first-order valence-corrected chi connectivity index (χ1v) is 4.63. The fourth-order valence-electron chi connectivity index (χ4n) is 1.16. The molecule has 1 aromatic carbocycles. The molecule has 0 amide bonds. The summed E-state index contributed by atoms with van der Waals surface area (Å²) in [7, 11) is 0. The van der Waals surface area contributed by atoms with E-state index in [1.165, 1.54) is 18.2 Å². The molecule has 0 bridgehead atoms. The van der Waals surface area contributed by atoms with Crippen molar-refractivity contribution < 1.29 is 29.0 Å². The van der Waals surface area contributed by atoms with E-state index >= 15 is 0 Å². The number of rotatable bonds is 3. The quantitative estimate of drug-likeness (QED) is 0.538. The molecular weight excluding hydrogens is 228 g/mol. The molecule has 1 rings (SSSR count). The largest absolute Gasteiger partial charge is 0.545 e. The van der Waals surface area contributed by atoms with Crippen molar-refractivity contribution in [2.45, 2.75) is 13.8 Å². The first kappa shape index (κ1) is 12.7. The minimum atomic E-state index is -1.53. The van der Waals surface area contributed by atoms with Crippen molar-refractivity contribution in [2.24, 2.45) is 0 Å². The molecule has 0 saturated carbocycles. The van der Waals surface area contributed by atoms with Gasteiger partial charge in [0.15, 0.2) is 11.5 Å². The molecule has 0 heterocycles. The number of carbonyl (C=O) groups is 3. The molecule has 0 aliphatic heterocycles. The van der Waals surface area contributed by atoms with Crippen LogP contribution in [0.2, 0.25) is 0 Å². The summed E-state index contributed by atoms with van der Waals surface area (Å²) in [5.74, 6) is -3.40. The number of carbonyl (C=O) groups excluding carboxylic acids is 3. The second-order valence-electron chi connectivity index (χ2n) is 3.11. The van der Waals surface area contributed by atoms with Crippen LogP contribution in [0, 0.1) is 0 Å². The van der Waals surface area contributed by atoms with Crippen molar-refractivity contribution in [2.75, 3.05) is 0 Å². The third-order valence-electron chi connectivity index (χ3n) is 1.70. The molecule has 6 heteroatoms. The van der Waals surface area contributed by atoms with E-state index in [0.29, 0.717) is 0 Å². The summed E-state index contributed by atoms with van der Waals surface area (Å²) in [6, 6.07) is 3.84. The highest BCUT2D eigenvalue weighted by Gasteiger charge is 2.15. The molecule has 0 spiro atoms. The predicted molar refractivity (Wildman–Crippen MR) is 53.4 cm³/mol. The number of hydrogen-bond donors (Lipinski definition) is 0. The van der Waals surface area contributed by atoms with E-state index in [1.54, 1.807) is 0 Å². The molecule has 0 unspecified atom stereocenters. The molecule has 0 saturated heterocycles. The van der Waals surface area contributed by atoms with Gasteiger partial charge in [-0.2, -0.15) is 0 Å². The van der Waals surface area contributed by atoms with Gasteiger partial charge in [-0.05, 0) is 12.1 Å². The second-order valence-corrected chi connectivity index (χ2v) is 3.11. The summed E-state index contributed by atoms with van der Waals surface area (Å²) >= 11 is 0. The van der Waals surface area contributed by atoms with Gasteiger partial charge in [0.05, 0.1) is 5.97 Å². The van der Waals surface area contributed by atoms with Crippen molar-refractivity contribution in [3.8, 4) is 11.5 Å². The van der Waals surface area contributed by atoms with E-state index in [2.05, 4.69) is 0 Å². The maximum absolute atomic E-state index is 10.8. The maximum Gasteiger partial charge on any atom is 0.308 e. The van der Waals surface area contributed by atoms with Gasteiger partial charge in [0.2, 0.25) is 0 Å². The number of para-hydroxylation sites is 1. The zero-order chi connectivity index (χ0) is 13.0. The molecule has 0 fully saturated rings. The Balaban J connectivity index is 3.28. The predicted octanol–water partition coefficient (Wildman–Crippen LogP) is -0.0993. The topological polar surface area (TPSA) is 92.7 Å². The lowest BCUT2D eigenvalue weighted by Gasteiger charge is -2.13. The van der Waals surface area contributed by atoms with Crippen LogP contribution in [0.25, 0.3) is 0 Å². The van der Waals surface area contributed by atoms with Crippen LogP contribution >= 0.6 is 0 Å². The minimum Gasteiger partial charge on any atom is -0.545 e. The third-order valence-corrected chi connectivity index (χ3v) is 1.70. The summed E-state index contributed by atoms with van der Waals surface area (Å²) < 4.78 is 9.43. The highest BCUT2D eigenvalue weighted by atomic mass is 16.6. The minimum absolute atomic E-state index is 0.144. The van der Waals surface area contributed by atoms with Crippen molar-refractivity contribution in [1.82, 2.24) is 0 Å². The monoisotopic (exact) mass is 237 g/mol. The van der Waals surface area contributed by atoms with Gasteiger partial charge in [-0.3, -0.25) is 9.59 Å². The Bertz CT molecular complexity index is 477. The standard InChI is InChI=1S/C11H10O6/c1-6(12)16-9-5-3-4-8(11(14)15)10(9)17-7(2)13/h3-5H,1-2H3,(H,14,15)/p-1. The van der Waals surface area contributed by atoms with Gasteiger partial charge in [-0.15, -0.1) is 0 Å². The Morgan fingerprint density at radius 1 is 1.06 bits per heavy atom. The van der Waals surface area contributed by atoms with Crippen LogP contribution < -0.4 is 14.6 Å². The Hall–Kier alpha value is -2.37. The van der Waals surface area contributed by atoms with Gasteiger partial charge in [0, 0.05) is 19.4 Å². The van der Waals surface area contributed by atoms with E-state index in [9.17, 15) is 19.5 Å². The van der Waals surface area contributed by atoms with Gasteiger partial charge in [-0.1, -0.05) is 6.07 Å². The number of ether oxygens (including phenoxy) is 2. The van der Waals surface area contributed by atoms with Crippen molar-refractivity contribution in [3.63, 3.8) is 0 Å². The lowest BCUT2D eigenvalue weighted by atomic mass is 10.2. The summed E-state index contributed by atoms with van der Waals surface area (Å²) in [6.07, 6.45) is 0. The molecule has 0 aliphatic rings. The summed E-state index contributed by atoms with van der Waals surface area (Å²) in [5.41, 5.74) is -0.362. The zero-order valence-corrected chi connectivity index (χ0v) is 9.18. The number of carboxylic acid groups (broad SMARTS) is 1. The maximum atomic E-state index is 10.8. The molecule has 6 nitrogen and oxygen atoms in total. The van der Waals surface area contributed by atoms with Gasteiger partial charge in [0.25, 0.3) is 0 Å². The fraction of sp³-hybridized carbons (Fsp3) is 0.182. The van der Waals surface area contributed by atoms with E-state index in [4.69, 9.17) is 9.47 Å². The Morgan fingerprint density at radius 3 is 2.12 bits per heavy atom. The SMILES string of the molecule is CC(=O)Oc1cccc(C(=O)[O-])c1OC(C)=O. The number of aromatic carboxylic acids is 1. The number of carboxylic acids is 1. The summed E-state index contributed by atoms with van der Waals surface area (Å²) in [6.45, 7) is 2.24. The molecule has 90 valence electrons. The summed E-state index contributed by atoms with van der Waals surface area (Å²) in [4.78, 5) is 32.5. The van der Waals surface area contributed by atoms with Gasteiger partial charge >= 0.3 is 11.9 Å². The van der Waals surface area contributed by atoms with Crippen molar-refractivity contribution in [3.05, 3.63) is 23.8 Å². The van der Waals surface area contributed by atoms with E-state index < -0.39 is 17.9 Å². The van der Waals surface area contributed by atoms with Crippen molar-refractivity contribution in [1.29, 1.82) is 0 Å². The summed E-state index contributed by atoms with van der Waals surface area (Å²) in [5, 5.41) is 10.8. The van der Waals surface area contributed by atoms with Gasteiger partial charge < -0.3 is 19.4 Å². The highest BCUT2D eigenvalue weighted by molar-refractivity contribution is 5.92. The Morgan fingerprint density at radius 2 is 1.65 bits per heavy atom. The van der Waals surface area contributed by atoms with Crippen LogP contribution in [0.15, 0.2) is 18.2 Å². The molecule has 0 N–H and O–H groups in total. The van der Waals surface area contributed by atoms with E-state index in [1.807, 2.05) is 0 Å². The second kappa shape index (κ2) is 5.11. The Kier molecular flexibility index (Phi) is 3.82. The number of benzene rings is 1. The van der Waals surface area contributed by atoms with Crippen LogP contribution in [-0.2, 0) is 9.59 Å². The van der Waals surface area contributed by atoms with Crippen LogP contribution in [0.5, 0.6) is 11.5 Å². The lowest BCUT2D eigenvalue weighted by molar-refractivity contribution is -0.255. The first-order chi connectivity index (χ1) is 7.91. The smallest absolute Gasteiger partial charge is 0.308 e. The van der Waals surface area contributed by atoms with Crippen molar-refractivity contribution >= 4 is 17.9 Å². The number of esters is 2. The van der Waals surface area contributed by atoms with Crippen LogP contribution in [0.1, 0.15) is 24.2 Å². The average Bonchev–Trinajstić information content (AvgIpc) is 2.18. The molecular formula is C11H9O6-. The van der Waals surface area contributed by atoms with Gasteiger partial charge in [-0.25, -0.2) is 0 Å². The van der Waals surface area contributed by atoms with Crippen LogP contribution in [0.3, 0.4) is 0 Å². The van der Waals surface area contributed by atoms with Crippen LogP contribution in [0.4, 0.5) is 0 Å². The molecule has 0 aliphatic carbocycles. The molecule has 1 aromatic rings. The van der Waals surface area contributed by atoms with Gasteiger partial charge in [0.1, 0.15) is 0 Å². The fourth-order valence-corrected chi connectivity index (χ4v) is 1.16. The van der Waals surface area contributed by atoms with E-state index in [0.717, 1.165) is 13.8 Å². The third kappa shape index (κ3) is 3.30. The number of hydrogen-bond acceptors (Lipinski definition) is 6. The zero-order valence-electron chi connectivity index (χ0n) is 9.18. The first-order valence-electron chi connectivity index (χ1n) is 4.63. The normalized spacial score (nSPS) is 9.53. The molecule has 0 radical (unpaired) electrons. The highest BCUT2D eigenvalue weighted by Crippen LogP contribution is 2.31. The molecule has 0 atom stereocenters. The molecule has 17 heavy (non-hydrogen) atoms. The van der Waals surface area contributed by atoms with Crippen LogP contribution in [-0.4, -0.2) is 17.9 Å². The lowest BCUT2D eigenvalue weighted by Crippen LogP contribution is -2.24. The Labute approximate surface area is 96.8 Å². The van der Waals surface area contributed by atoms with E-state index in [-0.39, 0.29) is 17.1 Å². The average molecular weight is 237 g/mol.